The standard InChI is InChI=1S/C18H17ClI2N2O7/c1-7(24)27-6-14-15(28-8(2)25)16(29-9(3)26)17(30-14)23-13-5-11(21)10(20)4-12(13)22-18(23)19/h4-5,14-17H,6H2,1-3H3/t14-,15-,16-,17+/m1/s1. The van der Waals surface area contributed by atoms with Crippen LogP contribution >= 0.6 is 56.8 Å². The lowest BCUT2D eigenvalue weighted by atomic mass is 10.1. The van der Waals surface area contributed by atoms with E-state index in [-0.39, 0.29) is 11.9 Å². The highest BCUT2D eigenvalue weighted by Crippen LogP contribution is 2.39. The topological polar surface area (TPSA) is 106 Å². The Bertz CT molecular complexity index is 1010. The summed E-state index contributed by atoms with van der Waals surface area (Å²) in [5, 5.41) is 0.111. The molecule has 3 rings (SSSR count). The number of rotatable bonds is 5. The van der Waals surface area contributed by atoms with Crippen molar-refractivity contribution >= 4 is 85.7 Å². The van der Waals surface area contributed by atoms with Crippen LogP contribution in [0.2, 0.25) is 5.28 Å². The van der Waals surface area contributed by atoms with E-state index in [9.17, 15) is 14.4 Å². The van der Waals surface area contributed by atoms with Gasteiger partial charge in [-0.2, -0.15) is 0 Å². The number of ether oxygens (including phenoxy) is 4. The molecule has 162 valence electrons. The fourth-order valence-corrected chi connectivity index (χ4v) is 4.38. The second-order valence-electron chi connectivity index (χ2n) is 6.52. The molecule has 0 aliphatic carbocycles. The van der Waals surface area contributed by atoms with Crippen molar-refractivity contribution in [1.82, 2.24) is 9.55 Å². The molecule has 1 saturated heterocycles. The van der Waals surface area contributed by atoms with E-state index in [4.69, 9.17) is 30.5 Å². The van der Waals surface area contributed by atoms with Crippen molar-refractivity contribution in [3.63, 3.8) is 0 Å². The third-order valence-corrected chi connectivity index (χ3v) is 7.37. The van der Waals surface area contributed by atoms with Crippen LogP contribution in [0.3, 0.4) is 0 Å². The van der Waals surface area contributed by atoms with Crippen LogP contribution in [-0.2, 0) is 33.3 Å². The summed E-state index contributed by atoms with van der Waals surface area (Å²) in [5.74, 6) is -1.72. The summed E-state index contributed by atoms with van der Waals surface area (Å²) in [6, 6.07) is 3.75. The summed E-state index contributed by atoms with van der Waals surface area (Å²) in [4.78, 5) is 39.2. The Morgan fingerprint density at radius 1 is 1.07 bits per heavy atom. The number of carbonyl (C=O) groups is 3. The zero-order valence-corrected chi connectivity index (χ0v) is 21.1. The maximum absolute atomic E-state index is 11.8. The van der Waals surface area contributed by atoms with E-state index >= 15 is 0 Å². The zero-order chi connectivity index (χ0) is 22.2. The van der Waals surface area contributed by atoms with E-state index in [2.05, 4.69) is 50.2 Å². The van der Waals surface area contributed by atoms with Gasteiger partial charge in [0.15, 0.2) is 18.4 Å². The lowest BCUT2D eigenvalue weighted by molar-refractivity contribution is -0.166. The summed E-state index contributed by atoms with van der Waals surface area (Å²) in [6.07, 6.45) is -3.86. The number of halogens is 3. The van der Waals surface area contributed by atoms with Gasteiger partial charge >= 0.3 is 17.9 Å². The average Bonchev–Trinajstić information content (AvgIpc) is 3.10. The second kappa shape index (κ2) is 9.53. The van der Waals surface area contributed by atoms with E-state index in [1.807, 2.05) is 12.1 Å². The molecule has 0 unspecified atom stereocenters. The first-order chi connectivity index (χ1) is 14.1. The van der Waals surface area contributed by atoms with Crippen molar-refractivity contribution in [3.8, 4) is 0 Å². The minimum Gasteiger partial charge on any atom is -0.463 e. The number of imidazole rings is 1. The number of hydrogen-bond acceptors (Lipinski definition) is 8. The van der Waals surface area contributed by atoms with Gasteiger partial charge in [-0.15, -0.1) is 0 Å². The number of carbonyl (C=O) groups excluding carboxylic acids is 3. The lowest BCUT2D eigenvalue weighted by Crippen LogP contribution is -2.40. The predicted molar refractivity (Wildman–Crippen MR) is 122 cm³/mol. The molecule has 0 radical (unpaired) electrons. The third-order valence-electron chi connectivity index (χ3n) is 4.28. The Labute approximate surface area is 204 Å². The Morgan fingerprint density at radius 3 is 2.27 bits per heavy atom. The monoisotopic (exact) mass is 662 g/mol. The molecule has 2 aromatic rings. The number of hydrogen-bond donors (Lipinski definition) is 0. The van der Waals surface area contributed by atoms with Crippen LogP contribution < -0.4 is 0 Å². The van der Waals surface area contributed by atoms with Crippen molar-refractivity contribution in [2.75, 3.05) is 6.61 Å². The lowest BCUT2D eigenvalue weighted by Gasteiger charge is -2.24. The zero-order valence-electron chi connectivity index (χ0n) is 16.1. The van der Waals surface area contributed by atoms with Crippen molar-refractivity contribution in [2.45, 2.75) is 45.3 Å². The molecule has 1 fully saturated rings. The fourth-order valence-electron chi connectivity index (χ4n) is 3.20. The van der Waals surface area contributed by atoms with Crippen molar-refractivity contribution < 1.29 is 33.3 Å². The maximum atomic E-state index is 11.8. The minimum atomic E-state index is -1.03. The Kier molecular flexibility index (Phi) is 7.45. The molecule has 12 heteroatoms. The second-order valence-corrected chi connectivity index (χ2v) is 9.18. The van der Waals surface area contributed by atoms with Gasteiger partial charge < -0.3 is 18.9 Å². The summed E-state index contributed by atoms with van der Waals surface area (Å²) in [5.41, 5.74) is 1.28. The van der Waals surface area contributed by atoms with Crippen LogP contribution in [-0.4, -0.2) is 52.4 Å². The molecule has 1 aliphatic rings. The molecular weight excluding hydrogens is 645 g/mol. The van der Waals surface area contributed by atoms with Crippen LogP contribution in [0, 0.1) is 7.14 Å². The van der Waals surface area contributed by atoms with Gasteiger partial charge in [-0.25, -0.2) is 4.98 Å². The van der Waals surface area contributed by atoms with Gasteiger partial charge in [0.25, 0.3) is 0 Å². The van der Waals surface area contributed by atoms with E-state index in [1.54, 1.807) is 4.57 Å². The average molecular weight is 663 g/mol. The largest absolute Gasteiger partial charge is 0.463 e. The molecule has 0 amide bonds. The predicted octanol–water partition coefficient (Wildman–Crippen LogP) is 3.22. The van der Waals surface area contributed by atoms with Gasteiger partial charge in [-0.3, -0.25) is 19.0 Å². The number of benzene rings is 1. The van der Waals surface area contributed by atoms with Gasteiger partial charge in [0.05, 0.1) is 11.0 Å². The van der Waals surface area contributed by atoms with Gasteiger partial charge in [-0.1, -0.05) is 0 Å². The summed E-state index contributed by atoms with van der Waals surface area (Å²) < 4.78 is 25.5. The van der Waals surface area contributed by atoms with Crippen LogP contribution in [0.25, 0.3) is 11.0 Å². The van der Waals surface area contributed by atoms with Crippen LogP contribution in [0.15, 0.2) is 12.1 Å². The fraction of sp³-hybridized carbons (Fsp3) is 0.444. The quantitative estimate of drug-likeness (QED) is 0.273. The highest BCUT2D eigenvalue weighted by molar-refractivity contribution is 14.1. The molecule has 0 saturated carbocycles. The number of aromatic nitrogens is 2. The minimum absolute atomic E-state index is 0.111. The Morgan fingerprint density at radius 2 is 1.67 bits per heavy atom. The summed E-state index contributed by atoms with van der Waals surface area (Å²) in [6.45, 7) is 3.52. The smallest absolute Gasteiger partial charge is 0.303 e. The molecule has 30 heavy (non-hydrogen) atoms. The highest BCUT2D eigenvalue weighted by Gasteiger charge is 2.51. The third kappa shape index (κ3) is 4.99. The van der Waals surface area contributed by atoms with E-state index in [0.717, 1.165) is 7.14 Å². The van der Waals surface area contributed by atoms with Crippen molar-refractivity contribution in [2.24, 2.45) is 0 Å². The highest BCUT2D eigenvalue weighted by atomic mass is 127. The molecule has 0 bridgehead atoms. The molecule has 1 aliphatic heterocycles. The first-order valence-electron chi connectivity index (χ1n) is 8.74. The van der Waals surface area contributed by atoms with Crippen molar-refractivity contribution in [3.05, 3.63) is 24.6 Å². The summed E-state index contributed by atoms with van der Waals surface area (Å²) >= 11 is 10.8. The molecule has 2 heterocycles. The number of nitrogens with zero attached hydrogens (tertiary/aromatic N) is 2. The van der Waals surface area contributed by atoms with Gasteiger partial charge in [0.1, 0.15) is 12.7 Å². The van der Waals surface area contributed by atoms with E-state index < -0.39 is 42.4 Å². The number of esters is 3. The SMILES string of the molecule is CC(=O)OC[C@H]1O[C@H](n2c(Cl)nc3cc(I)c(I)cc32)[C@H](OC(C)=O)[C@@H]1OC(C)=O. The first kappa shape index (κ1) is 23.5. The van der Waals surface area contributed by atoms with E-state index in [0.29, 0.717) is 11.0 Å². The van der Waals surface area contributed by atoms with Gasteiger partial charge in [0, 0.05) is 27.9 Å². The summed E-state index contributed by atoms with van der Waals surface area (Å²) in [7, 11) is 0. The molecular formula is C18H17ClI2N2O7. The van der Waals surface area contributed by atoms with Crippen LogP contribution in [0.5, 0.6) is 0 Å². The molecule has 9 nitrogen and oxygen atoms in total. The molecule has 1 aromatic carbocycles. The molecule has 0 spiro atoms. The number of fused-ring (bicyclic) bond motifs is 1. The van der Waals surface area contributed by atoms with Gasteiger partial charge in [-0.05, 0) is 68.9 Å². The Hall–Kier alpha value is -1.19. The molecule has 4 atom stereocenters. The molecule has 1 aromatic heterocycles. The van der Waals surface area contributed by atoms with Crippen LogP contribution in [0.4, 0.5) is 0 Å². The Balaban J connectivity index is 2.09. The normalized spacial score (nSPS) is 23.4. The van der Waals surface area contributed by atoms with Crippen molar-refractivity contribution in [1.29, 1.82) is 0 Å². The van der Waals surface area contributed by atoms with E-state index in [1.165, 1.54) is 20.8 Å². The molecule has 0 N–H and O–H groups in total. The first-order valence-corrected chi connectivity index (χ1v) is 11.3. The van der Waals surface area contributed by atoms with Gasteiger partial charge in [0.2, 0.25) is 5.28 Å². The maximum Gasteiger partial charge on any atom is 0.303 e. The van der Waals surface area contributed by atoms with Crippen LogP contribution in [0.1, 0.15) is 27.0 Å².